The molecule has 1 atom stereocenters. The average molecular weight is 336 g/mol. The molecule has 1 aliphatic heterocycles. The Morgan fingerprint density at radius 2 is 2.04 bits per heavy atom. The minimum absolute atomic E-state index is 0.122. The van der Waals surface area contributed by atoms with E-state index in [2.05, 4.69) is 5.32 Å². The number of carbonyl (C=O) groups excluding carboxylic acids is 2. The summed E-state index contributed by atoms with van der Waals surface area (Å²) in [7, 11) is 0. The summed E-state index contributed by atoms with van der Waals surface area (Å²) in [6, 6.07) is 5.02. The van der Waals surface area contributed by atoms with E-state index < -0.39 is 23.7 Å². The Morgan fingerprint density at radius 3 is 2.61 bits per heavy atom. The molecule has 1 aliphatic rings. The van der Waals surface area contributed by atoms with Crippen LogP contribution in [0.1, 0.15) is 32.4 Å². The Kier molecular flexibility index (Phi) is 5.10. The lowest BCUT2D eigenvalue weighted by Gasteiger charge is -2.37. The maximum absolute atomic E-state index is 14.3. The number of amides is 1. The first-order valence-corrected chi connectivity index (χ1v) is 7.52. The molecule has 1 aromatic rings. The van der Waals surface area contributed by atoms with Gasteiger partial charge < -0.3 is 10.1 Å². The summed E-state index contributed by atoms with van der Waals surface area (Å²) in [5, 5.41) is 2.93. The van der Waals surface area contributed by atoms with Crippen LogP contribution >= 0.6 is 12.2 Å². The lowest BCUT2D eigenvalue weighted by atomic mass is 9.93. The Morgan fingerprint density at radius 1 is 1.39 bits per heavy atom. The van der Waals surface area contributed by atoms with Gasteiger partial charge in [0.05, 0.1) is 12.2 Å². The molecule has 2 rings (SSSR count). The highest BCUT2D eigenvalue weighted by Gasteiger charge is 2.39. The number of carbonyl (C=O) groups is 2. The molecule has 23 heavy (non-hydrogen) atoms. The highest BCUT2D eigenvalue weighted by molar-refractivity contribution is 7.80. The topological polar surface area (TPSA) is 58.6 Å². The number of esters is 1. The molecule has 1 heterocycles. The summed E-state index contributed by atoms with van der Waals surface area (Å²) in [6.45, 7) is 4.80. The molecule has 1 aromatic carbocycles. The van der Waals surface area contributed by atoms with Crippen LogP contribution in [0.2, 0.25) is 0 Å². The minimum Gasteiger partial charge on any atom is -0.463 e. The molecule has 0 spiro atoms. The number of thiocarbonyl (C=S) groups is 1. The van der Waals surface area contributed by atoms with Crippen molar-refractivity contribution in [1.82, 2.24) is 10.2 Å². The molecule has 0 unspecified atom stereocenters. The lowest BCUT2D eigenvalue weighted by molar-refractivity contribution is -0.139. The lowest BCUT2D eigenvalue weighted by Crippen LogP contribution is -2.50. The second kappa shape index (κ2) is 6.87. The zero-order valence-corrected chi connectivity index (χ0v) is 13.9. The van der Waals surface area contributed by atoms with E-state index in [4.69, 9.17) is 17.0 Å². The second-order valence-electron chi connectivity index (χ2n) is 5.00. The summed E-state index contributed by atoms with van der Waals surface area (Å²) >= 11 is 5.19. The molecule has 0 aliphatic carbocycles. The van der Waals surface area contributed by atoms with Crippen LogP contribution in [0.3, 0.4) is 0 Å². The van der Waals surface area contributed by atoms with E-state index in [1.165, 1.54) is 30.0 Å². The van der Waals surface area contributed by atoms with E-state index in [1.807, 2.05) is 0 Å². The number of hydrogen-bond donors (Lipinski definition) is 1. The fourth-order valence-electron chi connectivity index (χ4n) is 2.53. The van der Waals surface area contributed by atoms with Gasteiger partial charge in [0.15, 0.2) is 5.11 Å². The summed E-state index contributed by atoms with van der Waals surface area (Å²) in [5.74, 6) is -1.53. The Bertz CT molecular complexity index is 702. The zero-order valence-electron chi connectivity index (χ0n) is 13.1. The van der Waals surface area contributed by atoms with Crippen LogP contribution in [0.5, 0.6) is 0 Å². The quantitative estimate of drug-likeness (QED) is 0.679. The van der Waals surface area contributed by atoms with Gasteiger partial charge in [-0.3, -0.25) is 9.69 Å². The van der Waals surface area contributed by atoms with Gasteiger partial charge in [-0.15, -0.1) is 0 Å². The van der Waals surface area contributed by atoms with Gasteiger partial charge in [-0.2, -0.15) is 0 Å². The highest BCUT2D eigenvalue weighted by atomic mass is 32.1. The molecule has 1 N–H and O–H groups in total. The minimum atomic E-state index is -0.957. The molecular weight excluding hydrogens is 319 g/mol. The highest BCUT2D eigenvalue weighted by Crippen LogP contribution is 2.35. The summed E-state index contributed by atoms with van der Waals surface area (Å²) in [6.07, 6.45) is 0. The van der Waals surface area contributed by atoms with Crippen LogP contribution in [0.4, 0.5) is 4.39 Å². The third-order valence-corrected chi connectivity index (χ3v) is 3.78. The summed E-state index contributed by atoms with van der Waals surface area (Å²) < 4.78 is 19.4. The van der Waals surface area contributed by atoms with E-state index in [0.29, 0.717) is 5.70 Å². The van der Waals surface area contributed by atoms with Gasteiger partial charge in [-0.25, -0.2) is 9.18 Å². The van der Waals surface area contributed by atoms with Gasteiger partial charge >= 0.3 is 5.97 Å². The number of ether oxygens (including phenoxy) is 1. The Hall–Kier alpha value is -2.28. The summed E-state index contributed by atoms with van der Waals surface area (Å²) in [5.41, 5.74) is 0.800. The van der Waals surface area contributed by atoms with Crippen molar-refractivity contribution >= 4 is 29.2 Å². The standard InChI is InChI=1S/C16H17FN2O3S/c1-4-22-15(21)13-9(2)18-16(23)19(10(3)20)14(13)11-7-5-6-8-12(11)17/h5-8,14H,4H2,1-3H3,(H,18,23)/t14-/m1/s1. The predicted octanol–water partition coefficient (Wildman–Crippen LogP) is 2.44. The van der Waals surface area contributed by atoms with Gasteiger partial charge in [-0.05, 0) is 32.1 Å². The molecule has 1 amide bonds. The van der Waals surface area contributed by atoms with E-state index in [0.717, 1.165) is 0 Å². The number of halogens is 1. The molecule has 7 heteroatoms. The van der Waals surface area contributed by atoms with Crippen molar-refractivity contribution in [2.45, 2.75) is 26.8 Å². The molecule has 0 fully saturated rings. The zero-order chi connectivity index (χ0) is 17.1. The normalized spacial score (nSPS) is 17.8. The van der Waals surface area contributed by atoms with Crippen molar-refractivity contribution < 1.29 is 18.7 Å². The molecule has 5 nitrogen and oxygen atoms in total. The van der Waals surface area contributed by atoms with Crippen molar-refractivity contribution in [3.05, 3.63) is 46.9 Å². The fourth-order valence-corrected chi connectivity index (χ4v) is 2.92. The Labute approximate surface area is 139 Å². The Balaban J connectivity index is 2.67. The smallest absolute Gasteiger partial charge is 0.338 e. The maximum atomic E-state index is 14.3. The van der Waals surface area contributed by atoms with E-state index in [1.54, 1.807) is 19.9 Å². The number of hydrogen-bond acceptors (Lipinski definition) is 4. The van der Waals surface area contributed by atoms with E-state index in [-0.39, 0.29) is 22.9 Å². The number of benzene rings is 1. The SMILES string of the molecule is CCOC(=O)C1=C(C)NC(=S)N(C(C)=O)[C@@H]1c1ccccc1F. The van der Waals surface area contributed by atoms with Crippen LogP contribution in [-0.2, 0) is 14.3 Å². The van der Waals surface area contributed by atoms with Crippen LogP contribution in [0, 0.1) is 5.82 Å². The van der Waals surface area contributed by atoms with E-state index >= 15 is 0 Å². The molecule has 0 aromatic heterocycles. The maximum Gasteiger partial charge on any atom is 0.338 e. The first-order chi connectivity index (χ1) is 10.9. The van der Waals surface area contributed by atoms with Crippen LogP contribution in [0.25, 0.3) is 0 Å². The number of nitrogens with zero attached hydrogens (tertiary/aromatic N) is 1. The third kappa shape index (κ3) is 3.24. The van der Waals surface area contributed by atoms with Crippen molar-refractivity contribution in [3.8, 4) is 0 Å². The van der Waals surface area contributed by atoms with Crippen LogP contribution in [-0.4, -0.2) is 28.5 Å². The largest absolute Gasteiger partial charge is 0.463 e. The number of allylic oxidation sites excluding steroid dienone is 1. The van der Waals surface area contributed by atoms with Gasteiger partial charge in [0, 0.05) is 18.2 Å². The van der Waals surface area contributed by atoms with Gasteiger partial charge in [0.1, 0.15) is 11.9 Å². The number of nitrogens with one attached hydrogen (secondary N) is 1. The molecule has 0 radical (unpaired) electrons. The fraction of sp³-hybridized carbons (Fsp3) is 0.312. The van der Waals surface area contributed by atoms with Gasteiger partial charge in [-0.1, -0.05) is 18.2 Å². The van der Waals surface area contributed by atoms with Crippen molar-refractivity contribution in [2.24, 2.45) is 0 Å². The third-order valence-electron chi connectivity index (χ3n) is 3.48. The van der Waals surface area contributed by atoms with Crippen molar-refractivity contribution in [1.29, 1.82) is 0 Å². The van der Waals surface area contributed by atoms with Crippen LogP contribution in [0.15, 0.2) is 35.5 Å². The first-order valence-electron chi connectivity index (χ1n) is 7.11. The number of rotatable bonds is 3. The van der Waals surface area contributed by atoms with Crippen molar-refractivity contribution in [3.63, 3.8) is 0 Å². The molecule has 0 saturated heterocycles. The van der Waals surface area contributed by atoms with E-state index in [9.17, 15) is 14.0 Å². The molecule has 122 valence electrons. The first kappa shape index (κ1) is 17.1. The second-order valence-corrected chi connectivity index (χ2v) is 5.39. The monoisotopic (exact) mass is 336 g/mol. The molecule has 0 bridgehead atoms. The van der Waals surface area contributed by atoms with Gasteiger partial charge in [0.25, 0.3) is 0 Å². The molecular formula is C16H17FN2O3S. The van der Waals surface area contributed by atoms with Crippen molar-refractivity contribution in [2.75, 3.05) is 6.61 Å². The summed E-state index contributed by atoms with van der Waals surface area (Å²) in [4.78, 5) is 25.6. The predicted molar refractivity (Wildman–Crippen MR) is 86.7 cm³/mol. The average Bonchev–Trinajstić information content (AvgIpc) is 2.46. The van der Waals surface area contributed by atoms with Gasteiger partial charge in [0.2, 0.25) is 5.91 Å². The van der Waals surface area contributed by atoms with Crippen LogP contribution < -0.4 is 5.32 Å². The molecule has 0 saturated carbocycles.